The van der Waals surface area contributed by atoms with E-state index in [1.807, 2.05) is 28.2 Å². The van der Waals surface area contributed by atoms with E-state index in [1.165, 1.54) is 31.0 Å². The first-order valence-electron chi connectivity index (χ1n) is 14.8. The lowest BCUT2D eigenvalue weighted by Crippen LogP contribution is -2.55. The van der Waals surface area contributed by atoms with Gasteiger partial charge < -0.3 is 24.8 Å². The van der Waals surface area contributed by atoms with Crippen molar-refractivity contribution in [2.45, 2.75) is 67.9 Å². The van der Waals surface area contributed by atoms with E-state index in [9.17, 15) is 18.0 Å². The minimum Gasteiger partial charge on any atom is -0.490 e. The van der Waals surface area contributed by atoms with Gasteiger partial charge in [-0.3, -0.25) is 4.79 Å². The number of ether oxygens (including phenoxy) is 2. The Bertz CT molecular complexity index is 1560. The molecule has 10 nitrogen and oxygen atoms in total. The summed E-state index contributed by atoms with van der Waals surface area (Å²) in [6.07, 6.45) is 5.15. The molecule has 2 aromatic rings. The topological polar surface area (TPSA) is 134 Å². The molecule has 0 radical (unpaired) electrons. The first-order valence-corrected chi connectivity index (χ1v) is 16.7. The fourth-order valence-corrected chi connectivity index (χ4v) is 8.20. The molecule has 0 bridgehead atoms. The number of carbonyl (C=O) groups excluding carboxylic acids is 1. The third-order valence-corrected chi connectivity index (χ3v) is 11.0. The first-order chi connectivity index (χ1) is 20.8. The van der Waals surface area contributed by atoms with Crippen molar-refractivity contribution in [3.8, 4) is 5.75 Å². The lowest BCUT2D eigenvalue weighted by Gasteiger charge is -2.46. The zero-order chi connectivity index (χ0) is 31.9. The number of methoxy groups -OCH3 is 1. The number of anilines is 1. The van der Waals surface area contributed by atoms with Crippen LogP contribution in [0, 0.1) is 11.8 Å². The molecule has 238 valence electrons. The Morgan fingerprint density at radius 3 is 2.70 bits per heavy atom. The Morgan fingerprint density at radius 2 is 2.05 bits per heavy atom. The van der Waals surface area contributed by atoms with E-state index in [1.54, 1.807) is 19.2 Å². The number of carboxylic acid groups (broad SMARTS) is 1. The highest BCUT2D eigenvalue weighted by Gasteiger charge is 2.44. The largest absolute Gasteiger partial charge is 0.490 e. The minimum atomic E-state index is -4.35. The molecule has 1 unspecified atom stereocenters. The van der Waals surface area contributed by atoms with Crippen LogP contribution in [0.4, 0.5) is 10.5 Å². The van der Waals surface area contributed by atoms with Crippen molar-refractivity contribution >= 4 is 39.3 Å². The summed E-state index contributed by atoms with van der Waals surface area (Å²) >= 11 is 6.37. The number of fused-ring (bicyclic) bond motifs is 3. The van der Waals surface area contributed by atoms with Crippen LogP contribution in [-0.2, 0) is 31.4 Å². The number of hydrogen-bond acceptors (Lipinski definition) is 7. The molecule has 1 saturated carbocycles. The lowest BCUT2D eigenvalue weighted by atomic mass is 9.68. The summed E-state index contributed by atoms with van der Waals surface area (Å²) in [6.45, 7) is 8.22. The SMILES string of the molecule is C=CC(OC)[C@@H]1CC[C@H]1CN1C[C@@]2(CCCc3cc(Cl)ccc32)COc2ccc(S(=O)(=O)NC(=O)C(C)(C)NC(=O)O)cc21. The third kappa shape index (κ3) is 6.27. The number of amides is 2. The van der Waals surface area contributed by atoms with Crippen molar-refractivity contribution in [3.63, 3.8) is 0 Å². The zero-order valence-corrected chi connectivity index (χ0v) is 26.8. The maximum Gasteiger partial charge on any atom is 0.405 e. The van der Waals surface area contributed by atoms with Crippen molar-refractivity contribution < 1.29 is 32.6 Å². The van der Waals surface area contributed by atoms with Crippen LogP contribution in [0.15, 0.2) is 53.9 Å². The summed E-state index contributed by atoms with van der Waals surface area (Å²) < 4.78 is 41.1. The molecule has 0 saturated heterocycles. The van der Waals surface area contributed by atoms with Crippen LogP contribution in [0.3, 0.4) is 0 Å². The van der Waals surface area contributed by atoms with Crippen LogP contribution in [0.25, 0.3) is 0 Å². The van der Waals surface area contributed by atoms with Crippen LogP contribution in [-0.4, -0.2) is 64.0 Å². The smallest absolute Gasteiger partial charge is 0.405 e. The second kappa shape index (κ2) is 12.3. The van der Waals surface area contributed by atoms with Gasteiger partial charge in [0.25, 0.3) is 15.9 Å². The van der Waals surface area contributed by atoms with E-state index in [2.05, 4.69) is 17.5 Å². The van der Waals surface area contributed by atoms with Gasteiger partial charge >= 0.3 is 6.09 Å². The van der Waals surface area contributed by atoms with E-state index in [0.717, 1.165) is 32.1 Å². The number of nitrogens with zero attached hydrogens (tertiary/aromatic N) is 1. The molecular formula is C32H40ClN3O7S. The second-order valence-electron chi connectivity index (χ2n) is 12.7. The molecule has 3 aliphatic rings. The molecule has 0 aromatic heterocycles. The van der Waals surface area contributed by atoms with E-state index in [0.29, 0.717) is 36.2 Å². The summed E-state index contributed by atoms with van der Waals surface area (Å²) in [5.74, 6) is 0.140. The van der Waals surface area contributed by atoms with E-state index in [-0.39, 0.29) is 28.3 Å². The van der Waals surface area contributed by atoms with E-state index < -0.39 is 27.6 Å². The van der Waals surface area contributed by atoms with Crippen LogP contribution < -0.4 is 19.7 Å². The molecule has 1 fully saturated rings. The highest BCUT2D eigenvalue weighted by atomic mass is 35.5. The molecule has 2 aromatic carbocycles. The van der Waals surface area contributed by atoms with Gasteiger partial charge in [-0.2, -0.15) is 0 Å². The number of nitrogens with one attached hydrogen (secondary N) is 2. The van der Waals surface area contributed by atoms with E-state index in [4.69, 9.17) is 26.2 Å². The summed E-state index contributed by atoms with van der Waals surface area (Å²) in [5.41, 5.74) is 1.01. The molecule has 3 N–H and O–H groups in total. The van der Waals surface area contributed by atoms with Gasteiger partial charge in [0.1, 0.15) is 11.3 Å². The second-order valence-corrected chi connectivity index (χ2v) is 14.8. The number of benzene rings is 2. The first kappa shape index (κ1) is 32.1. The zero-order valence-electron chi connectivity index (χ0n) is 25.3. The summed E-state index contributed by atoms with van der Waals surface area (Å²) in [7, 11) is -2.66. The molecule has 1 aliphatic heterocycles. The molecule has 4 atom stereocenters. The molecule has 2 amide bonds. The van der Waals surface area contributed by atoms with Gasteiger partial charge in [-0.05, 0) is 99.2 Å². The Balaban J connectivity index is 1.52. The number of hydrogen-bond donors (Lipinski definition) is 3. The summed E-state index contributed by atoms with van der Waals surface area (Å²) in [5, 5.41) is 11.8. The summed E-state index contributed by atoms with van der Waals surface area (Å²) in [6, 6.07) is 10.6. The molecule has 44 heavy (non-hydrogen) atoms. The average Bonchev–Trinajstić information content (AvgIpc) is 3.09. The van der Waals surface area contributed by atoms with Gasteiger partial charge in [0.2, 0.25) is 0 Å². The highest BCUT2D eigenvalue weighted by molar-refractivity contribution is 7.90. The Labute approximate surface area is 263 Å². The molecule has 5 rings (SSSR count). The molecule has 1 spiro atoms. The third-order valence-electron chi connectivity index (χ3n) is 9.39. The molecule has 2 aliphatic carbocycles. The van der Waals surface area contributed by atoms with Crippen molar-refractivity contribution in [1.82, 2.24) is 10.0 Å². The fourth-order valence-electron chi connectivity index (χ4n) is 6.88. The molecular weight excluding hydrogens is 606 g/mol. The van der Waals surface area contributed by atoms with Crippen LogP contribution in [0.2, 0.25) is 5.02 Å². The van der Waals surface area contributed by atoms with Crippen LogP contribution >= 0.6 is 11.6 Å². The predicted molar refractivity (Wildman–Crippen MR) is 168 cm³/mol. The average molecular weight is 646 g/mol. The van der Waals surface area contributed by atoms with Gasteiger partial charge in [-0.25, -0.2) is 17.9 Å². The number of aryl methyl sites for hydroxylation is 1. The Morgan fingerprint density at radius 1 is 1.27 bits per heavy atom. The number of carbonyl (C=O) groups is 2. The van der Waals surface area contributed by atoms with Crippen molar-refractivity contribution in [3.05, 3.63) is 65.2 Å². The Kier molecular flexibility index (Phi) is 8.94. The normalized spacial score (nSPS) is 23.7. The van der Waals surface area contributed by atoms with Gasteiger partial charge in [0.05, 0.1) is 23.3 Å². The predicted octanol–water partition coefficient (Wildman–Crippen LogP) is 4.89. The fraction of sp³-hybridized carbons (Fsp3) is 0.500. The standard InChI is InChI=1S/C32H40ClN3O7S/c1-5-27(42-4)24-11-8-21(24)17-36-18-32(14-6-7-20-15-22(33)9-12-25(20)32)19-43-28-13-10-23(16-26(28)36)44(40,41)35-29(37)31(2,3)34-30(38)39/h5,9-10,12-13,15-16,21,24,27,34H,1,6-8,11,14,17-19H2,2-4H3,(H,35,37)(H,38,39)/t21-,24+,27?,32-/m0/s1. The molecule has 12 heteroatoms. The monoisotopic (exact) mass is 645 g/mol. The summed E-state index contributed by atoms with van der Waals surface area (Å²) in [4.78, 5) is 26.1. The maximum atomic E-state index is 13.4. The van der Waals surface area contributed by atoms with Crippen molar-refractivity contribution in [2.24, 2.45) is 11.8 Å². The number of halogens is 1. The van der Waals surface area contributed by atoms with Gasteiger partial charge in [0, 0.05) is 30.6 Å². The lowest BCUT2D eigenvalue weighted by molar-refractivity contribution is -0.124. The minimum absolute atomic E-state index is 0.0763. The van der Waals surface area contributed by atoms with Crippen LogP contribution in [0.1, 0.15) is 50.7 Å². The van der Waals surface area contributed by atoms with Crippen molar-refractivity contribution in [1.29, 1.82) is 0 Å². The molecule has 1 heterocycles. The van der Waals surface area contributed by atoms with Gasteiger partial charge in [-0.1, -0.05) is 23.7 Å². The van der Waals surface area contributed by atoms with Gasteiger partial charge in [-0.15, -0.1) is 6.58 Å². The van der Waals surface area contributed by atoms with E-state index >= 15 is 0 Å². The quantitative estimate of drug-likeness (QED) is 0.328. The Hall–Kier alpha value is -3.28. The number of sulfonamides is 1. The highest BCUT2D eigenvalue weighted by Crippen LogP contribution is 2.47. The van der Waals surface area contributed by atoms with Gasteiger partial charge in [0.15, 0.2) is 0 Å². The number of rotatable bonds is 9. The van der Waals surface area contributed by atoms with Crippen LogP contribution in [0.5, 0.6) is 5.75 Å². The maximum absolute atomic E-state index is 13.4. The van der Waals surface area contributed by atoms with Crippen molar-refractivity contribution in [2.75, 3.05) is 31.7 Å².